The first kappa shape index (κ1) is 33.1. The van der Waals surface area contributed by atoms with Crippen molar-refractivity contribution in [1.82, 2.24) is 28.7 Å². The van der Waals surface area contributed by atoms with Crippen LogP contribution < -0.4 is 0 Å². The maximum absolute atomic E-state index is 5.22. The number of fused-ring (bicyclic) bond motifs is 8. The first-order valence-corrected chi connectivity index (χ1v) is 19.9. The maximum Gasteiger partial charge on any atom is 0.164 e. The van der Waals surface area contributed by atoms with Crippen molar-refractivity contribution in [2.24, 2.45) is 0 Å². The number of hydrogen-bond acceptors (Lipinski definition) is 3. The number of aromatic nitrogens is 6. The summed E-state index contributed by atoms with van der Waals surface area (Å²) >= 11 is 0. The lowest BCUT2D eigenvalue weighted by Crippen LogP contribution is -2.03. The van der Waals surface area contributed by atoms with Crippen LogP contribution in [0.5, 0.6) is 0 Å². The Balaban J connectivity index is 1.17. The van der Waals surface area contributed by atoms with Crippen LogP contribution in [0.15, 0.2) is 206 Å². The van der Waals surface area contributed by atoms with Gasteiger partial charge in [-0.3, -0.25) is 0 Å². The van der Waals surface area contributed by atoms with Gasteiger partial charge in [0.05, 0.1) is 27.6 Å². The molecule has 276 valence electrons. The maximum atomic E-state index is 5.22. The van der Waals surface area contributed by atoms with Crippen molar-refractivity contribution in [3.63, 3.8) is 0 Å². The SMILES string of the molecule is c1ccc(-c2nc(-c3ccccc3)nc(-c3cc(-n4c5ccccc5c5ccccc54)cc(-n4c5ccccc5c5c6ccn(-c7ccccc7)c6ccc54)c3)n2)cc1. The Morgan fingerprint density at radius 2 is 0.712 bits per heavy atom. The molecule has 12 rings (SSSR count). The summed E-state index contributed by atoms with van der Waals surface area (Å²) in [6.45, 7) is 0. The summed E-state index contributed by atoms with van der Waals surface area (Å²) in [6.07, 6.45) is 2.18. The molecule has 0 radical (unpaired) electrons. The van der Waals surface area contributed by atoms with Gasteiger partial charge in [0, 0.05) is 66.9 Å². The second-order valence-corrected chi connectivity index (χ2v) is 14.9. The quantitative estimate of drug-likeness (QED) is 0.170. The molecule has 12 aromatic rings. The molecule has 4 aromatic heterocycles. The monoisotopic (exact) mass is 754 g/mol. The first-order valence-electron chi connectivity index (χ1n) is 19.9. The smallest absolute Gasteiger partial charge is 0.164 e. The largest absolute Gasteiger partial charge is 0.317 e. The molecular formula is C53H34N6. The fourth-order valence-corrected chi connectivity index (χ4v) is 8.90. The highest BCUT2D eigenvalue weighted by Gasteiger charge is 2.21. The Morgan fingerprint density at radius 3 is 1.29 bits per heavy atom. The van der Waals surface area contributed by atoms with Crippen molar-refractivity contribution in [3.8, 4) is 51.2 Å². The zero-order chi connectivity index (χ0) is 38.9. The van der Waals surface area contributed by atoms with Gasteiger partial charge >= 0.3 is 0 Å². The minimum absolute atomic E-state index is 0.602. The van der Waals surface area contributed by atoms with Crippen LogP contribution in [-0.4, -0.2) is 28.7 Å². The molecule has 0 aliphatic carbocycles. The highest BCUT2D eigenvalue weighted by atomic mass is 15.0. The van der Waals surface area contributed by atoms with Gasteiger partial charge in [0.2, 0.25) is 0 Å². The summed E-state index contributed by atoms with van der Waals surface area (Å²) in [5, 5.41) is 6.03. The molecule has 0 aliphatic rings. The fraction of sp³-hybridized carbons (Fsp3) is 0. The van der Waals surface area contributed by atoms with Gasteiger partial charge in [-0.15, -0.1) is 0 Å². The number of nitrogens with zero attached hydrogens (tertiary/aromatic N) is 6. The van der Waals surface area contributed by atoms with Crippen LogP contribution >= 0.6 is 0 Å². The zero-order valence-corrected chi connectivity index (χ0v) is 31.8. The van der Waals surface area contributed by atoms with Crippen LogP contribution in [0, 0.1) is 0 Å². The van der Waals surface area contributed by atoms with E-state index in [-0.39, 0.29) is 0 Å². The lowest BCUT2D eigenvalue weighted by molar-refractivity contribution is 1.07. The molecule has 4 heterocycles. The van der Waals surface area contributed by atoms with E-state index in [1.54, 1.807) is 0 Å². The molecule has 6 nitrogen and oxygen atoms in total. The Bertz CT molecular complexity index is 3430. The van der Waals surface area contributed by atoms with Gasteiger partial charge in [-0.25, -0.2) is 15.0 Å². The average Bonchev–Trinajstić information content (AvgIpc) is 4.00. The molecule has 0 saturated heterocycles. The summed E-state index contributed by atoms with van der Waals surface area (Å²) < 4.78 is 7.06. The third kappa shape index (κ3) is 5.31. The highest BCUT2D eigenvalue weighted by Crippen LogP contribution is 2.40. The Kier molecular flexibility index (Phi) is 7.43. The van der Waals surface area contributed by atoms with E-state index in [4.69, 9.17) is 15.0 Å². The van der Waals surface area contributed by atoms with Crippen LogP contribution in [0.3, 0.4) is 0 Å². The molecule has 0 unspecified atom stereocenters. The lowest BCUT2D eigenvalue weighted by atomic mass is 10.1. The Morgan fingerprint density at radius 1 is 0.288 bits per heavy atom. The predicted molar refractivity (Wildman–Crippen MR) is 242 cm³/mol. The molecule has 8 aromatic carbocycles. The molecule has 0 amide bonds. The van der Waals surface area contributed by atoms with E-state index >= 15 is 0 Å². The predicted octanol–water partition coefficient (Wildman–Crippen LogP) is 13.0. The third-order valence-electron chi connectivity index (χ3n) is 11.5. The summed E-state index contributed by atoms with van der Waals surface area (Å²) in [6, 6.07) is 70.5. The molecule has 0 atom stereocenters. The van der Waals surface area contributed by atoms with E-state index in [1.165, 1.54) is 32.4 Å². The van der Waals surface area contributed by atoms with Gasteiger partial charge in [0.1, 0.15) is 0 Å². The molecule has 0 bridgehead atoms. The topological polar surface area (TPSA) is 53.5 Å². The van der Waals surface area contributed by atoms with Crippen molar-refractivity contribution in [2.45, 2.75) is 0 Å². The van der Waals surface area contributed by atoms with Gasteiger partial charge in [-0.2, -0.15) is 0 Å². The number of benzene rings is 8. The molecule has 0 fully saturated rings. The summed E-state index contributed by atoms with van der Waals surface area (Å²) in [7, 11) is 0. The molecule has 0 N–H and O–H groups in total. The van der Waals surface area contributed by atoms with Crippen LogP contribution in [0.1, 0.15) is 0 Å². The van der Waals surface area contributed by atoms with Crippen molar-refractivity contribution in [1.29, 1.82) is 0 Å². The van der Waals surface area contributed by atoms with Crippen molar-refractivity contribution >= 4 is 54.5 Å². The molecule has 59 heavy (non-hydrogen) atoms. The minimum Gasteiger partial charge on any atom is -0.317 e. The fourth-order valence-electron chi connectivity index (χ4n) is 8.90. The molecule has 0 spiro atoms. The molecule has 6 heteroatoms. The highest BCUT2D eigenvalue weighted by molar-refractivity contribution is 6.21. The van der Waals surface area contributed by atoms with Gasteiger partial charge in [0.25, 0.3) is 0 Å². The lowest BCUT2D eigenvalue weighted by Gasteiger charge is -2.16. The zero-order valence-electron chi connectivity index (χ0n) is 31.8. The van der Waals surface area contributed by atoms with Crippen LogP contribution in [-0.2, 0) is 0 Å². The van der Waals surface area contributed by atoms with E-state index in [9.17, 15) is 0 Å². The third-order valence-corrected chi connectivity index (χ3v) is 11.5. The second kappa shape index (κ2) is 13.3. The van der Waals surface area contributed by atoms with Gasteiger partial charge in [-0.05, 0) is 66.7 Å². The number of para-hydroxylation sites is 4. The van der Waals surface area contributed by atoms with Crippen molar-refractivity contribution in [3.05, 3.63) is 206 Å². The van der Waals surface area contributed by atoms with Crippen LogP contribution in [0.4, 0.5) is 0 Å². The van der Waals surface area contributed by atoms with Crippen LogP contribution in [0.2, 0.25) is 0 Å². The summed E-state index contributed by atoms with van der Waals surface area (Å²) in [5.74, 6) is 1.85. The normalized spacial score (nSPS) is 11.7. The summed E-state index contributed by atoms with van der Waals surface area (Å²) in [4.78, 5) is 15.5. The molecule has 0 aliphatic heterocycles. The number of hydrogen-bond donors (Lipinski definition) is 0. The minimum atomic E-state index is 0.602. The van der Waals surface area contributed by atoms with Crippen LogP contribution in [0.25, 0.3) is 106 Å². The Labute approximate surface area is 339 Å². The number of rotatable bonds is 6. The van der Waals surface area contributed by atoms with Crippen molar-refractivity contribution < 1.29 is 0 Å². The van der Waals surface area contributed by atoms with E-state index in [0.29, 0.717) is 17.5 Å². The van der Waals surface area contributed by atoms with E-state index in [2.05, 4.69) is 184 Å². The van der Waals surface area contributed by atoms with Gasteiger partial charge in [-0.1, -0.05) is 133 Å². The van der Waals surface area contributed by atoms with Gasteiger partial charge in [0.15, 0.2) is 17.5 Å². The summed E-state index contributed by atoms with van der Waals surface area (Å²) in [5.41, 5.74) is 11.6. The Hall–Kier alpha value is -8.09. The van der Waals surface area contributed by atoms with Gasteiger partial charge < -0.3 is 13.7 Å². The van der Waals surface area contributed by atoms with Crippen molar-refractivity contribution in [2.75, 3.05) is 0 Å². The first-order chi connectivity index (χ1) is 29.3. The van der Waals surface area contributed by atoms with E-state index < -0.39 is 0 Å². The molecule has 0 saturated carbocycles. The van der Waals surface area contributed by atoms with E-state index in [0.717, 1.165) is 55.8 Å². The molecular weight excluding hydrogens is 721 g/mol. The second-order valence-electron chi connectivity index (χ2n) is 14.9. The average molecular weight is 755 g/mol. The standard InChI is InChI=1S/C53H34N6/c1-4-16-35(17-5-1)51-54-52(36-18-6-2-7-19-36)56-53(55-51)37-32-39(58-46-25-13-10-22-41(46)42-23-11-14-26-47(42)58)34-40(33-37)59-48-27-15-12-24-43(48)50-44-30-31-57(38-20-8-3-9-21-38)45(44)28-29-49(50)59/h1-34H. The van der Waals surface area contributed by atoms with E-state index in [1.807, 2.05) is 36.4 Å².